The van der Waals surface area contributed by atoms with Crippen molar-refractivity contribution in [2.45, 2.75) is 38.8 Å². The van der Waals surface area contributed by atoms with E-state index in [1.165, 1.54) is 11.3 Å². The van der Waals surface area contributed by atoms with Crippen LogP contribution in [0.15, 0.2) is 12.1 Å². The predicted octanol–water partition coefficient (Wildman–Crippen LogP) is 3.14. The minimum absolute atomic E-state index is 0.0413. The van der Waals surface area contributed by atoms with Gasteiger partial charge < -0.3 is 15.0 Å². The van der Waals surface area contributed by atoms with Crippen molar-refractivity contribution in [3.05, 3.63) is 21.3 Å². The van der Waals surface area contributed by atoms with Gasteiger partial charge in [-0.15, -0.1) is 11.3 Å². The van der Waals surface area contributed by atoms with E-state index in [-0.39, 0.29) is 11.9 Å². The van der Waals surface area contributed by atoms with Gasteiger partial charge in [0, 0.05) is 13.1 Å². The molecule has 0 saturated carbocycles. The molecule has 116 valence electrons. The summed E-state index contributed by atoms with van der Waals surface area (Å²) in [5.41, 5.74) is -0.522. The molecule has 21 heavy (non-hydrogen) atoms. The number of alkyl carbamates (subject to hydrolysis) is 1. The molecule has 0 aliphatic carbocycles. The summed E-state index contributed by atoms with van der Waals surface area (Å²) in [5.74, 6) is -0.0413. The third-order valence-corrected chi connectivity index (χ3v) is 4.20. The molecule has 0 bridgehead atoms. The van der Waals surface area contributed by atoms with Gasteiger partial charge in [-0.25, -0.2) is 4.79 Å². The first-order chi connectivity index (χ1) is 9.74. The molecule has 1 unspecified atom stereocenters. The SMILES string of the molecule is CC(C)(C)OC(=O)NC1CCN(C(=O)c2ccc(Cl)s2)C1. The van der Waals surface area contributed by atoms with Crippen LogP contribution in [-0.2, 0) is 4.74 Å². The van der Waals surface area contributed by atoms with Gasteiger partial charge >= 0.3 is 6.09 Å². The second-order valence-electron chi connectivity index (χ2n) is 5.99. The van der Waals surface area contributed by atoms with E-state index in [4.69, 9.17) is 16.3 Å². The van der Waals surface area contributed by atoms with Gasteiger partial charge in [-0.3, -0.25) is 4.79 Å². The third-order valence-electron chi connectivity index (χ3n) is 2.98. The quantitative estimate of drug-likeness (QED) is 0.906. The number of amides is 2. The number of nitrogens with zero attached hydrogens (tertiary/aromatic N) is 1. The first-order valence-corrected chi connectivity index (χ1v) is 7.98. The first-order valence-electron chi connectivity index (χ1n) is 6.79. The van der Waals surface area contributed by atoms with Gasteiger partial charge in [0.25, 0.3) is 5.91 Å². The summed E-state index contributed by atoms with van der Waals surface area (Å²) < 4.78 is 5.81. The van der Waals surface area contributed by atoms with Crippen molar-refractivity contribution < 1.29 is 14.3 Å². The van der Waals surface area contributed by atoms with Crippen LogP contribution in [0, 0.1) is 0 Å². The number of hydrogen-bond acceptors (Lipinski definition) is 4. The lowest BCUT2D eigenvalue weighted by atomic mass is 10.2. The van der Waals surface area contributed by atoms with E-state index < -0.39 is 11.7 Å². The Bertz CT molecular complexity index is 539. The van der Waals surface area contributed by atoms with Crippen LogP contribution in [-0.4, -0.2) is 41.6 Å². The molecule has 0 spiro atoms. The minimum atomic E-state index is -0.522. The molecular formula is C14H19ClN2O3S. The molecule has 1 aliphatic heterocycles. The van der Waals surface area contributed by atoms with Crippen LogP contribution in [0.3, 0.4) is 0 Å². The summed E-state index contributed by atoms with van der Waals surface area (Å²) in [6.07, 6.45) is 0.283. The van der Waals surface area contributed by atoms with Crippen LogP contribution >= 0.6 is 22.9 Å². The van der Waals surface area contributed by atoms with Crippen LogP contribution in [0.1, 0.15) is 36.9 Å². The largest absolute Gasteiger partial charge is 0.444 e. The molecule has 1 fully saturated rings. The number of ether oxygens (including phenoxy) is 1. The fourth-order valence-electron chi connectivity index (χ4n) is 2.12. The highest BCUT2D eigenvalue weighted by Gasteiger charge is 2.29. The van der Waals surface area contributed by atoms with Crippen molar-refractivity contribution in [3.8, 4) is 0 Å². The molecule has 1 aliphatic rings. The summed E-state index contributed by atoms with van der Waals surface area (Å²) in [4.78, 5) is 26.3. The Hall–Kier alpha value is -1.27. The molecule has 0 radical (unpaired) electrons. The van der Waals surface area contributed by atoms with Gasteiger partial charge in [0.2, 0.25) is 0 Å². The normalized spacial score (nSPS) is 18.7. The maximum atomic E-state index is 12.3. The summed E-state index contributed by atoms with van der Waals surface area (Å²) in [6, 6.07) is 3.37. The molecule has 1 atom stereocenters. The standard InChI is InChI=1S/C14H19ClN2O3S/c1-14(2,3)20-13(19)16-9-6-7-17(8-9)12(18)10-4-5-11(15)21-10/h4-5,9H,6-8H2,1-3H3,(H,16,19). The van der Waals surface area contributed by atoms with Crippen molar-refractivity contribution in [3.63, 3.8) is 0 Å². The van der Waals surface area contributed by atoms with E-state index in [0.29, 0.717) is 22.3 Å². The van der Waals surface area contributed by atoms with Crippen molar-refractivity contribution in [1.82, 2.24) is 10.2 Å². The van der Waals surface area contributed by atoms with Crippen molar-refractivity contribution >= 4 is 34.9 Å². The van der Waals surface area contributed by atoms with Crippen LogP contribution in [0.25, 0.3) is 0 Å². The molecule has 2 rings (SSSR count). The number of rotatable bonds is 2. The Morgan fingerprint density at radius 3 is 2.71 bits per heavy atom. The Morgan fingerprint density at radius 1 is 1.43 bits per heavy atom. The zero-order valence-electron chi connectivity index (χ0n) is 12.3. The van der Waals surface area contributed by atoms with Crippen molar-refractivity contribution in [1.29, 1.82) is 0 Å². The second kappa shape index (κ2) is 6.23. The summed E-state index contributed by atoms with van der Waals surface area (Å²) in [6.45, 7) is 6.56. The lowest BCUT2D eigenvalue weighted by Crippen LogP contribution is -2.41. The Balaban J connectivity index is 1.86. The second-order valence-corrected chi connectivity index (χ2v) is 7.70. The number of carbonyl (C=O) groups is 2. The fraction of sp³-hybridized carbons (Fsp3) is 0.571. The topological polar surface area (TPSA) is 58.6 Å². The van der Waals surface area contributed by atoms with Gasteiger partial charge in [0.1, 0.15) is 5.60 Å². The maximum absolute atomic E-state index is 12.3. The van der Waals surface area contributed by atoms with Gasteiger partial charge in [0.15, 0.2) is 0 Å². The number of hydrogen-bond donors (Lipinski definition) is 1. The first kappa shape index (κ1) is 16.1. The Kier molecular flexibility index (Phi) is 4.78. The van der Waals surface area contributed by atoms with E-state index >= 15 is 0 Å². The fourth-order valence-corrected chi connectivity index (χ4v) is 3.13. The van der Waals surface area contributed by atoms with Gasteiger partial charge in [-0.1, -0.05) is 11.6 Å². The Labute approximate surface area is 133 Å². The molecule has 1 aromatic heterocycles. The molecular weight excluding hydrogens is 312 g/mol. The van der Waals surface area contributed by atoms with Crippen LogP contribution in [0.4, 0.5) is 4.79 Å². The average molecular weight is 331 g/mol. The highest BCUT2D eigenvalue weighted by Crippen LogP contribution is 2.24. The highest BCUT2D eigenvalue weighted by atomic mass is 35.5. The number of carbonyl (C=O) groups excluding carboxylic acids is 2. The van der Waals surface area contributed by atoms with E-state index in [2.05, 4.69) is 5.32 Å². The summed E-state index contributed by atoms with van der Waals surface area (Å²) in [5, 5.41) is 2.80. The molecule has 0 aromatic carbocycles. The Morgan fingerprint density at radius 2 is 2.14 bits per heavy atom. The number of thiophene rings is 1. The zero-order chi connectivity index (χ0) is 15.6. The van der Waals surface area contributed by atoms with E-state index in [0.717, 1.165) is 6.42 Å². The molecule has 7 heteroatoms. The third kappa shape index (κ3) is 4.61. The number of likely N-dealkylation sites (tertiary alicyclic amines) is 1. The van der Waals surface area contributed by atoms with Crippen LogP contribution < -0.4 is 5.32 Å². The lowest BCUT2D eigenvalue weighted by molar-refractivity contribution is 0.0502. The lowest BCUT2D eigenvalue weighted by Gasteiger charge is -2.22. The molecule has 2 amide bonds. The summed E-state index contributed by atoms with van der Waals surface area (Å²) >= 11 is 7.11. The van der Waals surface area contributed by atoms with E-state index in [1.807, 2.05) is 20.8 Å². The number of halogens is 1. The number of nitrogens with one attached hydrogen (secondary N) is 1. The molecule has 1 N–H and O–H groups in total. The van der Waals surface area contributed by atoms with Gasteiger partial charge in [-0.05, 0) is 39.3 Å². The van der Waals surface area contributed by atoms with Crippen molar-refractivity contribution in [2.75, 3.05) is 13.1 Å². The molecule has 5 nitrogen and oxygen atoms in total. The minimum Gasteiger partial charge on any atom is -0.444 e. The molecule has 1 aromatic rings. The average Bonchev–Trinajstić information content (AvgIpc) is 2.95. The smallest absolute Gasteiger partial charge is 0.407 e. The van der Waals surface area contributed by atoms with Gasteiger partial charge in [0.05, 0.1) is 15.3 Å². The highest BCUT2D eigenvalue weighted by molar-refractivity contribution is 7.17. The monoisotopic (exact) mass is 330 g/mol. The zero-order valence-corrected chi connectivity index (χ0v) is 13.9. The molecule has 1 saturated heterocycles. The van der Waals surface area contributed by atoms with Gasteiger partial charge in [-0.2, -0.15) is 0 Å². The van der Waals surface area contributed by atoms with Crippen LogP contribution in [0.2, 0.25) is 4.34 Å². The maximum Gasteiger partial charge on any atom is 0.407 e. The van der Waals surface area contributed by atoms with Crippen LogP contribution in [0.5, 0.6) is 0 Å². The molecule has 2 heterocycles. The summed E-state index contributed by atoms with van der Waals surface area (Å²) in [7, 11) is 0. The van der Waals surface area contributed by atoms with E-state index in [1.54, 1.807) is 17.0 Å². The van der Waals surface area contributed by atoms with Crippen molar-refractivity contribution in [2.24, 2.45) is 0 Å². The van der Waals surface area contributed by atoms with E-state index in [9.17, 15) is 9.59 Å². The predicted molar refractivity (Wildman–Crippen MR) is 83.0 cm³/mol.